The summed E-state index contributed by atoms with van der Waals surface area (Å²) in [7, 11) is 2.19. The zero-order valence-electron chi connectivity index (χ0n) is 17.9. The van der Waals surface area contributed by atoms with E-state index in [-0.39, 0.29) is 11.7 Å². The Morgan fingerprint density at radius 2 is 1.68 bits per heavy atom. The first-order chi connectivity index (χ1) is 15.1. The van der Waals surface area contributed by atoms with Gasteiger partial charge in [0.15, 0.2) is 0 Å². The van der Waals surface area contributed by atoms with Crippen molar-refractivity contribution in [2.75, 3.05) is 38.5 Å². The summed E-state index contributed by atoms with van der Waals surface area (Å²) >= 11 is 0. The lowest BCUT2D eigenvalue weighted by atomic mass is 10.0. The van der Waals surface area contributed by atoms with Crippen molar-refractivity contribution in [3.8, 4) is 11.1 Å². The molecule has 1 fully saturated rings. The van der Waals surface area contributed by atoms with E-state index in [0.29, 0.717) is 11.3 Å². The predicted molar refractivity (Wildman–Crippen MR) is 124 cm³/mol. The van der Waals surface area contributed by atoms with E-state index in [2.05, 4.69) is 46.4 Å². The Morgan fingerprint density at radius 1 is 0.903 bits per heavy atom. The lowest BCUT2D eigenvalue weighted by Crippen LogP contribution is -2.28. The molecular formula is C26H28FN3O. The number of amides is 1. The number of likely N-dealkylation sites (N-methyl/N-ethyl adjacent to an activating group) is 1. The third-order valence-corrected chi connectivity index (χ3v) is 5.73. The maximum Gasteiger partial charge on any atom is 0.255 e. The van der Waals surface area contributed by atoms with E-state index in [4.69, 9.17) is 0 Å². The number of nitrogens with one attached hydrogen (secondary N) is 1. The number of carbonyl (C=O) groups is 1. The monoisotopic (exact) mass is 417 g/mol. The van der Waals surface area contributed by atoms with E-state index in [1.165, 1.54) is 42.8 Å². The Bertz CT molecular complexity index is 1020. The minimum Gasteiger partial charge on any atom is -0.322 e. The van der Waals surface area contributed by atoms with E-state index in [9.17, 15) is 9.18 Å². The summed E-state index contributed by atoms with van der Waals surface area (Å²) in [6.45, 7) is 5.51. The minimum absolute atomic E-state index is 0.254. The van der Waals surface area contributed by atoms with Gasteiger partial charge in [-0.15, -0.1) is 0 Å². The van der Waals surface area contributed by atoms with Gasteiger partial charge in [-0.1, -0.05) is 36.4 Å². The first kappa shape index (κ1) is 21.2. The highest BCUT2D eigenvalue weighted by atomic mass is 19.1. The second-order valence-electron chi connectivity index (χ2n) is 8.17. The average Bonchev–Trinajstić information content (AvgIpc) is 2.99. The van der Waals surface area contributed by atoms with Crippen LogP contribution in [0.1, 0.15) is 22.3 Å². The van der Waals surface area contributed by atoms with E-state index in [1.54, 1.807) is 0 Å². The van der Waals surface area contributed by atoms with E-state index in [0.717, 1.165) is 37.3 Å². The highest BCUT2D eigenvalue weighted by Crippen LogP contribution is 2.24. The fourth-order valence-electron chi connectivity index (χ4n) is 3.90. The first-order valence-corrected chi connectivity index (χ1v) is 10.7. The van der Waals surface area contributed by atoms with Crippen molar-refractivity contribution < 1.29 is 9.18 Å². The molecule has 3 aromatic rings. The van der Waals surface area contributed by atoms with Gasteiger partial charge in [0.05, 0.1) is 0 Å². The lowest BCUT2D eigenvalue weighted by molar-refractivity contribution is 0.102. The van der Waals surface area contributed by atoms with Crippen molar-refractivity contribution in [3.05, 3.63) is 89.7 Å². The summed E-state index contributed by atoms with van der Waals surface area (Å²) in [6.07, 6.45) is 1.21. The molecule has 0 aromatic heterocycles. The van der Waals surface area contributed by atoms with Gasteiger partial charge in [0.25, 0.3) is 5.91 Å². The fraction of sp³-hybridized carbons (Fsp3) is 0.269. The molecule has 160 valence electrons. The molecule has 0 bridgehead atoms. The number of hydrogen-bond acceptors (Lipinski definition) is 3. The number of carbonyl (C=O) groups excluding carboxylic acids is 1. The van der Waals surface area contributed by atoms with Crippen LogP contribution in [0.3, 0.4) is 0 Å². The van der Waals surface area contributed by atoms with Crippen LogP contribution >= 0.6 is 0 Å². The molecule has 1 aliphatic rings. The Kier molecular flexibility index (Phi) is 6.75. The van der Waals surface area contributed by atoms with Crippen LogP contribution in [0.2, 0.25) is 0 Å². The second kappa shape index (κ2) is 9.86. The van der Waals surface area contributed by atoms with Crippen LogP contribution < -0.4 is 5.32 Å². The molecule has 1 N–H and O–H groups in total. The van der Waals surface area contributed by atoms with Gasteiger partial charge in [-0.05, 0) is 79.6 Å². The van der Waals surface area contributed by atoms with Crippen LogP contribution in [-0.2, 0) is 6.54 Å². The van der Waals surface area contributed by atoms with Gasteiger partial charge in [0.1, 0.15) is 5.82 Å². The molecule has 1 heterocycles. The van der Waals surface area contributed by atoms with Crippen LogP contribution in [0.4, 0.5) is 10.1 Å². The SMILES string of the molecule is CN1CCCN(Cc2ccc(-c3cccc(NC(=O)c4ccc(F)cc4)c3)cc2)CC1. The number of rotatable bonds is 5. The lowest BCUT2D eigenvalue weighted by Gasteiger charge is -2.20. The summed E-state index contributed by atoms with van der Waals surface area (Å²) in [4.78, 5) is 17.3. The van der Waals surface area contributed by atoms with Crippen LogP contribution in [0.5, 0.6) is 0 Å². The molecule has 4 rings (SSSR count). The summed E-state index contributed by atoms with van der Waals surface area (Å²) in [5.41, 5.74) is 4.60. The Hall–Kier alpha value is -3.02. The standard InChI is InChI=1S/C26H28FN3O/c1-29-14-3-15-30(17-16-29)19-20-6-8-21(9-7-20)23-4-2-5-25(18-23)28-26(31)22-10-12-24(27)13-11-22/h2,4-13,18H,3,14-17,19H2,1H3,(H,28,31). The molecule has 0 radical (unpaired) electrons. The molecule has 3 aromatic carbocycles. The highest BCUT2D eigenvalue weighted by molar-refractivity contribution is 6.04. The van der Waals surface area contributed by atoms with Crippen molar-refractivity contribution in [3.63, 3.8) is 0 Å². The third-order valence-electron chi connectivity index (χ3n) is 5.73. The summed E-state index contributed by atoms with van der Waals surface area (Å²) in [6, 6.07) is 22.0. The molecular weight excluding hydrogens is 389 g/mol. The number of halogens is 1. The van der Waals surface area contributed by atoms with Gasteiger partial charge in [-0.3, -0.25) is 9.69 Å². The van der Waals surface area contributed by atoms with E-state index >= 15 is 0 Å². The molecule has 1 aliphatic heterocycles. The van der Waals surface area contributed by atoms with Crippen LogP contribution in [-0.4, -0.2) is 48.9 Å². The summed E-state index contributed by atoms with van der Waals surface area (Å²) in [5.74, 6) is -0.610. The topological polar surface area (TPSA) is 35.6 Å². The molecule has 0 atom stereocenters. The van der Waals surface area contributed by atoms with Crippen molar-refractivity contribution in [2.24, 2.45) is 0 Å². The summed E-state index contributed by atoms with van der Waals surface area (Å²) < 4.78 is 13.1. The molecule has 4 nitrogen and oxygen atoms in total. The second-order valence-corrected chi connectivity index (χ2v) is 8.17. The molecule has 0 spiro atoms. The summed E-state index contributed by atoms with van der Waals surface area (Å²) in [5, 5.41) is 2.89. The largest absolute Gasteiger partial charge is 0.322 e. The zero-order valence-corrected chi connectivity index (χ0v) is 17.9. The molecule has 5 heteroatoms. The normalized spacial score (nSPS) is 15.4. The zero-order chi connectivity index (χ0) is 21.6. The van der Waals surface area contributed by atoms with Gasteiger partial charge in [0.2, 0.25) is 0 Å². The fourth-order valence-corrected chi connectivity index (χ4v) is 3.90. The van der Waals surface area contributed by atoms with Crippen LogP contribution in [0.15, 0.2) is 72.8 Å². The Morgan fingerprint density at radius 3 is 2.45 bits per heavy atom. The number of benzene rings is 3. The Balaban J connectivity index is 1.41. The molecule has 0 saturated carbocycles. The van der Waals surface area contributed by atoms with Gasteiger partial charge < -0.3 is 10.2 Å². The van der Waals surface area contributed by atoms with Gasteiger partial charge in [0, 0.05) is 30.9 Å². The van der Waals surface area contributed by atoms with E-state index in [1.807, 2.05) is 24.3 Å². The Labute approximate surface area is 183 Å². The minimum atomic E-state index is -0.356. The molecule has 0 unspecified atom stereocenters. The molecule has 1 saturated heterocycles. The van der Waals surface area contributed by atoms with Crippen molar-refractivity contribution in [1.29, 1.82) is 0 Å². The first-order valence-electron chi connectivity index (χ1n) is 10.7. The van der Waals surface area contributed by atoms with Crippen LogP contribution in [0.25, 0.3) is 11.1 Å². The number of hydrogen-bond donors (Lipinski definition) is 1. The van der Waals surface area contributed by atoms with E-state index < -0.39 is 0 Å². The quantitative estimate of drug-likeness (QED) is 0.643. The maximum atomic E-state index is 13.1. The molecule has 0 aliphatic carbocycles. The molecule has 1 amide bonds. The average molecular weight is 418 g/mol. The molecule has 31 heavy (non-hydrogen) atoms. The highest BCUT2D eigenvalue weighted by Gasteiger charge is 2.12. The van der Waals surface area contributed by atoms with Crippen molar-refractivity contribution in [1.82, 2.24) is 9.80 Å². The van der Waals surface area contributed by atoms with Crippen molar-refractivity contribution >= 4 is 11.6 Å². The van der Waals surface area contributed by atoms with Gasteiger partial charge in [-0.25, -0.2) is 4.39 Å². The maximum absolute atomic E-state index is 13.1. The number of anilines is 1. The third kappa shape index (κ3) is 5.78. The smallest absolute Gasteiger partial charge is 0.255 e. The predicted octanol–water partition coefficient (Wildman–Crippen LogP) is 4.88. The number of nitrogens with zero attached hydrogens (tertiary/aromatic N) is 2. The van der Waals surface area contributed by atoms with Gasteiger partial charge >= 0.3 is 0 Å². The van der Waals surface area contributed by atoms with Gasteiger partial charge in [-0.2, -0.15) is 0 Å². The van der Waals surface area contributed by atoms with Crippen molar-refractivity contribution in [2.45, 2.75) is 13.0 Å². The van der Waals surface area contributed by atoms with Crippen LogP contribution in [0, 0.1) is 5.82 Å².